The van der Waals surface area contributed by atoms with Crippen LogP contribution in [0.25, 0.3) is 0 Å². The molecule has 4 rings (SSSR count). The van der Waals surface area contributed by atoms with Gasteiger partial charge < -0.3 is 19.3 Å². The smallest absolute Gasteiger partial charge is 0.254 e. The topological polar surface area (TPSA) is 59.1 Å². The Morgan fingerprint density at radius 2 is 0.932 bits per heavy atom. The van der Waals surface area contributed by atoms with E-state index in [0.717, 1.165) is 11.1 Å². The van der Waals surface area contributed by atoms with Gasteiger partial charge in [-0.1, -0.05) is 100 Å². The summed E-state index contributed by atoms with van der Waals surface area (Å²) in [6, 6.07) is 34.5. The standard InChI is InChI=1S/C38H44N2O4/c1-29(2)27-43-35-19-11-17-33(23-35)37(41)39(25-31-13-7-5-8-14-31)21-22-40(26-32-15-9-6-10-16-32)38(42)34-18-12-20-36(24-34)44-28-30(3)4/h5-20,23-24,29-30H,21-22,25-28H2,1-4H3. The third-order valence-corrected chi connectivity index (χ3v) is 6.98. The van der Waals surface area contributed by atoms with Crippen LogP contribution in [-0.2, 0) is 13.1 Å². The second-order valence-corrected chi connectivity index (χ2v) is 11.9. The van der Waals surface area contributed by atoms with E-state index in [-0.39, 0.29) is 11.8 Å². The molecule has 0 aliphatic rings. The van der Waals surface area contributed by atoms with E-state index in [9.17, 15) is 9.59 Å². The predicted molar refractivity (Wildman–Crippen MR) is 176 cm³/mol. The molecule has 0 saturated heterocycles. The zero-order chi connectivity index (χ0) is 31.3. The summed E-state index contributed by atoms with van der Waals surface area (Å²) in [7, 11) is 0. The van der Waals surface area contributed by atoms with Gasteiger partial charge in [0, 0.05) is 37.3 Å². The molecule has 6 heteroatoms. The van der Waals surface area contributed by atoms with Gasteiger partial charge in [0.25, 0.3) is 11.8 Å². The van der Waals surface area contributed by atoms with Crippen LogP contribution in [-0.4, -0.2) is 47.9 Å². The molecule has 230 valence electrons. The number of carbonyl (C=O) groups excluding carboxylic acids is 2. The van der Waals surface area contributed by atoms with Crippen molar-refractivity contribution in [1.29, 1.82) is 0 Å². The van der Waals surface area contributed by atoms with Gasteiger partial charge in [0.1, 0.15) is 11.5 Å². The van der Waals surface area contributed by atoms with Gasteiger partial charge >= 0.3 is 0 Å². The molecule has 0 fully saturated rings. The number of benzene rings is 4. The van der Waals surface area contributed by atoms with Gasteiger partial charge in [-0.05, 0) is 59.4 Å². The van der Waals surface area contributed by atoms with Gasteiger partial charge in [0.15, 0.2) is 0 Å². The van der Waals surface area contributed by atoms with Gasteiger partial charge in [-0.15, -0.1) is 0 Å². The highest BCUT2D eigenvalue weighted by atomic mass is 16.5. The number of amides is 2. The second kappa shape index (κ2) is 16.3. The van der Waals surface area contributed by atoms with Gasteiger partial charge in [0.2, 0.25) is 0 Å². The Bertz CT molecular complexity index is 1360. The maximum absolute atomic E-state index is 14.0. The minimum absolute atomic E-state index is 0.111. The Morgan fingerprint density at radius 3 is 1.30 bits per heavy atom. The van der Waals surface area contributed by atoms with Crippen LogP contribution in [0.1, 0.15) is 59.5 Å². The molecule has 0 aliphatic heterocycles. The fraction of sp³-hybridized carbons (Fsp3) is 0.316. The van der Waals surface area contributed by atoms with Crippen molar-refractivity contribution in [3.63, 3.8) is 0 Å². The predicted octanol–water partition coefficient (Wildman–Crippen LogP) is 7.74. The Labute approximate surface area is 262 Å². The average Bonchev–Trinajstić information content (AvgIpc) is 3.04. The summed E-state index contributed by atoms with van der Waals surface area (Å²) >= 11 is 0. The highest BCUT2D eigenvalue weighted by Gasteiger charge is 2.22. The Morgan fingerprint density at radius 1 is 0.545 bits per heavy atom. The first-order valence-corrected chi connectivity index (χ1v) is 15.4. The molecule has 0 aromatic heterocycles. The maximum Gasteiger partial charge on any atom is 0.254 e. The summed E-state index contributed by atoms with van der Waals surface area (Å²) in [5, 5.41) is 0. The van der Waals surface area contributed by atoms with Crippen molar-refractivity contribution < 1.29 is 19.1 Å². The molecule has 44 heavy (non-hydrogen) atoms. The zero-order valence-electron chi connectivity index (χ0n) is 26.3. The van der Waals surface area contributed by atoms with E-state index in [1.54, 1.807) is 12.1 Å². The molecule has 0 aliphatic carbocycles. The van der Waals surface area contributed by atoms with E-state index in [4.69, 9.17) is 9.47 Å². The molecule has 4 aromatic rings. The fourth-order valence-electron chi connectivity index (χ4n) is 4.68. The number of nitrogens with zero attached hydrogens (tertiary/aromatic N) is 2. The molecular formula is C38H44N2O4. The van der Waals surface area contributed by atoms with Crippen LogP contribution < -0.4 is 9.47 Å². The van der Waals surface area contributed by atoms with Crippen LogP contribution in [0.15, 0.2) is 109 Å². The van der Waals surface area contributed by atoms with E-state index in [1.807, 2.05) is 107 Å². The highest BCUT2D eigenvalue weighted by Crippen LogP contribution is 2.20. The fourth-order valence-corrected chi connectivity index (χ4v) is 4.68. The van der Waals surface area contributed by atoms with Crippen LogP contribution in [0.5, 0.6) is 11.5 Å². The first kappa shape index (κ1) is 32.3. The number of hydrogen-bond donors (Lipinski definition) is 0. The zero-order valence-corrected chi connectivity index (χ0v) is 26.3. The average molecular weight is 593 g/mol. The molecule has 0 unspecified atom stereocenters. The summed E-state index contributed by atoms with van der Waals surface area (Å²) < 4.78 is 11.8. The summed E-state index contributed by atoms with van der Waals surface area (Å²) in [4.78, 5) is 31.6. The van der Waals surface area contributed by atoms with E-state index in [2.05, 4.69) is 27.7 Å². The summed E-state index contributed by atoms with van der Waals surface area (Å²) in [5.41, 5.74) is 3.14. The lowest BCUT2D eigenvalue weighted by Crippen LogP contribution is -2.40. The maximum atomic E-state index is 14.0. The lowest BCUT2D eigenvalue weighted by molar-refractivity contribution is 0.0644. The molecule has 0 radical (unpaired) electrons. The largest absolute Gasteiger partial charge is 0.493 e. The normalized spacial score (nSPS) is 11.0. The van der Waals surface area contributed by atoms with Crippen LogP contribution in [0.4, 0.5) is 0 Å². The van der Waals surface area contributed by atoms with Crippen LogP contribution in [0, 0.1) is 11.8 Å². The van der Waals surface area contributed by atoms with Gasteiger partial charge in [-0.3, -0.25) is 9.59 Å². The molecule has 0 saturated carbocycles. The van der Waals surface area contributed by atoms with Crippen molar-refractivity contribution in [3.05, 3.63) is 131 Å². The number of rotatable bonds is 15. The number of hydrogen-bond acceptors (Lipinski definition) is 4. The van der Waals surface area contributed by atoms with Crippen LogP contribution in [0.3, 0.4) is 0 Å². The molecular weight excluding hydrogens is 548 g/mol. The van der Waals surface area contributed by atoms with Crippen LogP contribution in [0.2, 0.25) is 0 Å². The van der Waals surface area contributed by atoms with E-state index >= 15 is 0 Å². The van der Waals surface area contributed by atoms with Crippen molar-refractivity contribution in [2.75, 3.05) is 26.3 Å². The van der Waals surface area contributed by atoms with Gasteiger partial charge in [-0.25, -0.2) is 0 Å². The second-order valence-electron chi connectivity index (χ2n) is 11.9. The molecule has 0 N–H and O–H groups in total. The van der Waals surface area contributed by atoms with Crippen molar-refractivity contribution in [1.82, 2.24) is 9.80 Å². The van der Waals surface area contributed by atoms with Gasteiger partial charge in [0.05, 0.1) is 13.2 Å². The first-order chi connectivity index (χ1) is 21.3. The Hall–Kier alpha value is -4.58. The molecule has 4 aromatic carbocycles. The summed E-state index contributed by atoms with van der Waals surface area (Å²) in [6.07, 6.45) is 0. The Kier molecular flexibility index (Phi) is 12.0. The van der Waals surface area contributed by atoms with E-state index < -0.39 is 0 Å². The Balaban J connectivity index is 1.58. The van der Waals surface area contributed by atoms with Crippen molar-refractivity contribution in [2.24, 2.45) is 11.8 Å². The third-order valence-electron chi connectivity index (χ3n) is 6.98. The van der Waals surface area contributed by atoms with Crippen molar-refractivity contribution in [3.8, 4) is 11.5 Å². The summed E-state index contributed by atoms with van der Waals surface area (Å²) in [6.45, 7) is 11.1. The molecule has 6 nitrogen and oxygen atoms in total. The van der Waals surface area contributed by atoms with E-state index in [1.165, 1.54) is 0 Å². The van der Waals surface area contributed by atoms with Gasteiger partial charge in [-0.2, -0.15) is 0 Å². The van der Waals surface area contributed by atoms with Crippen LogP contribution >= 0.6 is 0 Å². The monoisotopic (exact) mass is 592 g/mol. The third kappa shape index (κ3) is 10.0. The quantitative estimate of drug-likeness (QED) is 0.142. The molecule has 2 amide bonds. The minimum atomic E-state index is -0.111. The number of ether oxygens (including phenoxy) is 2. The van der Waals surface area contributed by atoms with E-state index in [0.29, 0.717) is 73.9 Å². The molecule has 0 heterocycles. The number of carbonyl (C=O) groups is 2. The highest BCUT2D eigenvalue weighted by molar-refractivity contribution is 5.95. The van der Waals surface area contributed by atoms with Crippen molar-refractivity contribution >= 4 is 11.8 Å². The minimum Gasteiger partial charge on any atom is -0.493 e. The molecule has 0 bridgehead atoms. The lowest BCUT2D eigenvalue weighted by atomic mass is 10.1. The lowest BCUT2D eigenvalue weighted by Gasteiger charge is -2.29. The molecule has 0 spiro atoms. The molecule has 0 atom stereocenters. The SMILES string of the molecule is CC(C)COc1cccc(C(=O)N(CCN(Cc2ccccc2)C(=O)c2cccc(OCC(C)C)c2)Cc2ccccc2)c1. The van der Waals surface area contributed by atoms with Crippen molar-refractivity contribution in [2.45, 2.75) is 40.8 Å². The summed E-state index contributed by atoms with van der Waals surface area (Å²) in [5.74, 6) is 1.87. The first-order valence-electron chi connectivity index (χ1n) is 15.4.